The Hall–Kier alpha value is -4.23. The maximum absolute atomic E-state index is 5.25. The quantitative estimate of drug-likeness (QED) is 0.258. The van der Waals surface area contributed by atoms with Crippen LogP contribution in [0.15, 0.2) is 97.2 Å². The Morgan fingerprint density at radius 3 is 1.76 bits per heavy atom. The minimum absolute atomic E-state index is 0.235. The Kier molecular flexibility index (Phi) is 7.35. The Balaban J connectivity index is 1.22. The maximum Gasteiger partial charge on any atom is 0.229 e. The number of piperazine rings is 1. The zero-order valence-electron chi connectivity index (χ0n) is 23.5. The molecule has 5 aromatic rings. The summed E-state index contributed by atoms with van der Waals surface area (Å²) in [4.78, 5) is 17.8. The molecule has 4 heterocycles. The number of fused-ring (bicyclic) bond motifs is 1. The van der Waals surface area contributed by atoms with E-state index in [1.165, 1.54) is 36.8 Å². The van der Waals surface area contributed by atoms with Gasteiger partial charge in [-0.15, -0.1) is 0 Å². The predicted octanol–water partition coefficient (Wildman–Crippen LogP) is 6.11. The van der Waals surface area contributed by atoms with Crippen LogP contribution in [0.25, 0.3) is 16.7 Å². The monoisotopic (exact) mass is 543 g/mol. The van der Waals surface area contributed by atoms with Crippen molar-refractivity contribution in [3.63, 3.8) is 0 Å². The van der Waals surface area contributed by atoms with Crippen LogP contribution in [0.4, 0.5) is 11.8 Å². The van der Waals surface area contributed by atoms with E-state index in [0.29, 0.717) is 0 Å². The lowest BCUT2D eigenvalue weighted by Crippen LogP contribution is -2.48. The fraction of sp³-hybridized carbons (Fsp3) is 0.324. The lowest BCUT2D eigenvalue weighted by atomic mass is 9.96. The fourth-order valence-electron chi connectivity index (χ4n) is 6.37. The third kappa shape index (κ3) is 5.30. The molecular formula is C34H37N7. The zero-order valence-corrected chi connectivity index (χ0v) is 23.5. The average Bonchev–Trinajstić information content (AvgIpc) is 3.28. The smallest absolute Gasteiger partial charge is 0.229 e. The van der Waals surface area contributed by atoms with E-state index in [9.17, 15) is 0 Å². The van der Waals surface area contributed by atoms with Gasteiger partial charge in [0.05, 0.1) is 23.3 Å². The summed E-state index contributed by atoms with van der Waals surface area (Å²) in [6.45, 7) is 5.72. The first-order valence-electron chi connectivity index (χ1n) is 15.0. The van der Waals surface area contributed by atoms with Crippen LogP contribution in [-0.4, -0.2) is 63.9 Å². The highest BCUT2D eigenvalue weighted by Gasteiger charge is 2.29. The van der Waals surface area contributed by atoms with Crippen LogP contribution in [0, 0.1) is 0 Å². The molecule has 208 valence electrons. The van der Waals surface area contributed by atoms with Gasteiger partial charge in [-0.2, -0.15) is 15.1 Å². The van der Waals surface area contributed by atoms with Crippen molar-refractivity contribution in [1.29, 1.82) is 0 Å². The van der Waals surface area contributed by atoms with Crippen LogP contribution in [0.5, 0.6) is 0 Å². The van der Waals surface area contributed by atoms with Crippen molar-refractivity contribution in [2.24, 2.45) is 0 Å². The van der Waals surface area contributed by atoms with E-state index >= 15 is 0 Å². The van der Waals surface area contributed by atoms with Crippen LogP contribution in [-0.2, 0) is 0 Å². The number of para-hydroxylation sites is 1. The van der Waals surface area contributed by atoms with Gasteiger partial charge in [0.1, 0.15) is 5.82 Å². The second kappa shape index (κ2) is 11.7. The van der Waals surface area contributed by atoms with Crippen LogP contribution >= 0.6 is 0 Å². The number of nitrogens with zero attached hydrogens (tertiary/aromatic N) is 7. The van der Waals surface area contributed by atoms with Crippen molar-refractivity contribution in [2.45, 2.75) is 31.7 Å². The maximum atomic E-state index is 5.25. The molecule has 0 bridgehead atoms. The standard InChI is InChI=1S/C34H37N7/c1-2-13-21-40(20-12-1)34-36-32(30-26-35-41(33(30)37-34)29-18-10-5-11-19-29)39-24-22-38(23-25-39)31(27-14-6-3-7-15-27)28-16-8-4-9-17-28/h3-11,14-19,26,31H,1-2,12-13,20-25H2. The van der Waals surface area contributed by atoms with Gasteiger partial charge in [-0.25, -0.2) is 4.68 Å². The number of benzene rings is 3. The number of hydrogen-bond donors (Lipinski definition) is 0. The first kappa shape index (κ1) is 25.7. The lowest BCUT2D eigenvalue weighted by molar-refractivity contribution is 0.212. The molecule has 0 saturated carbocycles. The van der Waals surface area contributed by atoms with Crippen LogP contribution in [0.1, 0.15) is 42.9 Å². The molecule has 41 heavy (non-hydrogen) atoms. The van der Waals surface area contributed by atoms with Crippen molar-refractivity contribution in [1.82, 2.24) is 24.6 Å². The van der Waals surface area contributed by atoms with E-state index in [-0.39, 0.29) is 6.04 Å². The molecule has 2 aromatic heterocycles. The Morgan fingerprint density at radius 1 is 0.561 bits per heavy atom. The predicted molar refractivity (Wildman–Crippen MR) is 166 cm³/mol. The molecule has 7 nitrogen and oxygen atoms in total. The molecule has 3 aromatic carbocycles. The van der Waals surface area contributed by atoms with Crippen molar-refractivity contribution in [3.8, 4) is 5.69 Å². The molecule has 2 aliphatic heterocycles. The molecule has 2 fully saturated rings. The van der Waals surface area contributed by atoms with Gasteiger partial charge in [-0.1, -0.05) is 91.7 Å². The number of rotatable bonds is 6. The first-order valence-corrected chi connectivity index (χ1v) is 15.0. The summed E-state index contributed by atoms with van der Waals surface area (Å²) in [6, 6.07) is 32.4. The largest absolute Gasteiger partial charge is 0.353 e. The molecule has 7 heteroatoms. The van der Waals surface area contributed by atoms with Gasteiger partial charge in [-0.05, 0) is 36.1 Å². The summed E-state index contributed by atoms with van der Waals surface area (Å²) >= 11 is 0. The third-order valence-electron chi connectivity index (χ3n) is 8.50. The number of anilines is 2. The van der Waals surface area contributed by atoms with Crippen LogP contribution < -0.4 is 9.80 Å². The van der Waals surface area contributed by atoms with Gasteiger partial charge >= 0.3 is 0 Å². The highest BCUT2D eigenvalue weighted by Crippen LogP contribution is 2.33. The second-order valence-corrected chi connectivity index (χ2v) is 11.1. The van der Waals surface area contributed by atoms with E-state index in [0.717, 1.165) is 67.8 Å². The van der Waals surface area contributed by atoms with Gasteiger partial charge in [0.2, 0.25) is 5.95 Å². The number of hydrogen-bond acceptors (Lipinski definition) is 6. The fourth-order valence-corrected chi connectivity index (χ4v) is 6.37. The summed E-state index contributed by atoms with van der Waals surface area (Å²) in [5.74, 6) is 1.84. The summed E-state index contributed by atoms with van der Waals surface area (Å²) in [6.07, 6.45) is 6.88. The van der Waals surface area contributed by atoms with Gasteiger partial charge in [-0.3, -0.25) is 4.90 Å². The van der Waals surface area contributed by atoms with Crippen LogP contribution in [0.2, 0.25) is 0 Å². The summed E-state index contributed by atoms with van der Waals surface area (Å²) in [5.41, 5.74) is 4.58. The van der Waals surface area contributed by atoms with Crippen molar-refractivity contribution in [3.05, 3.63) is 108 Å². The number of aromatic nitrogens is 4. The Labute approximate surface area is 242 Å². The van der Waals surface area contributed by atoms with E-state index in [4.69, 9.17) is 15.1 Å². The van der Waals surface area contributed by atoms with Gasteiger partial charge in [0.25, 0.3) is 0 Å². The second-order valence-electron chi connectivity index (χ2n) is 11.1. The van der Waals surface area contributed by atoms with Crippen molar-refractivity contribution in [2.75, 3.05) is 49.1 Å². The third-order valence-corrected chi connectivity index (χ3v) is 8.50. The Bertz CT molecular complexity index is 1510. The highest BCUT2D eigenvalue weighted by molar-refractivity contribution is 5.89. The molecule has 2 saturated heterocycles. The molecule has 0 spiro atoms. The molecule has 0 N–H and O–H groups in total. The average molecular weight is 544 g/mol. The minimum atomic E-state index is 0.235. The summed E-state index contributed by atoms with van der Waals surface area (Å²) in [7, 11) is 0. The molecule has 0 radical (unpaired) electrons. The van der Waals surface area contributed by atoms with E-state index in [1.54, 1.807) is 0 Å². The molecule has 0 amide bonds. The van der Waals surface area contributed by atoms with Gasteiger partial charge in [0.15, 0.2) is 5.65 Å². The highest BCUT2D eigenvalue weighted by atomic mass is 15.4. The topological polar surface area (TPSA) is 53.3 Å². The molecule has 0 unspecified atom stereocenters. The molecule has 7 rings (SSSR count). The molecule has 2 aliphatic rings. The van der Waals surface area contributed by atoms with E-state index in [1.807, 2.05) is 16.9 Å². The molecule has 0 aliphatic carbocycles. The van der Waals surface area contributed by atoms with Gasteiger partial charge < -0.3 is 9.80 Å². The van der Waals surface area contributed by atoms with Gasteiger partial charge in [0, 0.05) is 39.3 Å². The van der Waals surface area contributed by atoms with Crippen LogP contribution in [0.3, 0.4) is 0 Å². The normalized spacial score (nSPS) is 16.8. The van der Waals surface area contributed by atoms with Crippen molar-refractivity contribution < 1.29 is 0 Å². The lowest BCUT2D eigenvalue weighted by Gasteiger charge is -2.40. The first-order chi connectivity index (χ1) is 20.3. The Morgan fingerprint density at radius 2 is 1.15 bits per heavy atom. The van der Waals surface area contributed by atoms with Crippen molar-refractivity contribution >= 4 is 22.8 Å². The summed E-state index contributed by atoms with van der Waals surface area (Å²) < 4.78 is 1.97. The van der Waals surface area contributed by atoms with E-state index < -0.39 is 0 Å². The SMILES string of the molecule is c1ccc(C(c2ccccc2)N2CCN(c3nc(N4CCCCCC4)nc4c3cnn4-c3ccccc3)CC2)cc1. The zero-order chi connectivity index (χ0) is 27.4. The molecule has 0 atom stereocenters. The minimum Gasteiger partial charge on any atom is -0.353 e. The van der Waals surface area contributed by atoms with E-state index in [2.05, 4.69) is 99.6 Å². The summed E-state index contributed by atoms with van der Waals surface area (Å²) in [5, 5.41) is 5.82. The molecular weight excluding hydrogens is 506 g/mol.